The number of benzene rings is 1. The van der Waals surface area contributed by atoms with Crippen LogP contribution in [0.5, 0.6) is 11.8 Å². The van der Waals surface area contributed by atoms with Gasteiger partial charge in [-0.1, -0.05) is 28.9 Å². The molecule has 10 nitrogen and oxygen atoms in total. The molecule has 0 N–H and O–H groups in total. The second-order valence-electron chi connectivity index (χ2n) is 6.16. The van der Waals surface area contributed by atoms with Gasteiger partial charge in [0.05, 0.1) is 41.5 Å². The summed E-state index contributed by atoms with van der Waals surface area (Å²) >= 11 is 7.31. The summed E-state index contributed by atoms with van der Waals surface area (Å²) in [6.45, 7) is 1.53. The second-order valence-corrected chi connectivity index (χ2v) is 7.58. The van der Waals surface area contributed by atoms with Gasteiger partial charge in [-0.15, -0.1) is 0 Å². The third-order valence-corrected chi connectivity index (χ3v) is 5.30. The first kappa shape index (κ1) is 23.8. The van der Waals surface area contributed by atoms with Gasteiger partial charge in [-0.25, -0.2) is 4.79 Å². The smallest absolute Gasteiger partial charge is 0.368 e. The molecule has 2 aromatic carbocycles. The van der Waals surface area contributed by atoms with Gasteiger partial charge >= 0.3 is 11.7 Å². The van der Waals surface area contributed by atoms with E-state index >= 15 is 0 Å². The van der Waals surface area contributed by atoms with Crippen LogP contribution in [0.2, 0.25) is 5.02 Å². The lowest BCUT2D eigenvalue weighted by Crippen LogP contribution is -2.07. The molecule has 1 heterocycles. The molecule has 0 aliphatic carbocycles. The molecular formula is C21H15ClN4O6S. The van der Waals surface area contributed by atoms with Crippen LogP contribution < -0.4 is 9.47 Å². The highest BCUT2D eigenvalue weighted by Crippen LogP contribution is 2.34. The van der Waals surface area contributed by atoms with Gasteiger partial charge in [-0.05, 0) is 36.9 Å². The Hall–Kier alpha value is -3.88. The molecule has 0 saturated heterocycles. The highest BCUT2D eigenvalue weighted by Gasteiger charge is 2.20. The summed E-state index contributed by atoms with van der Waals surface area (Å²) in [5, 5.41) is 15.1. The Labute approximate surface area is 197 Å². The number of carbonyl (C=O) groups excluding carboxylic acids is 1. The van der Waals surface area contributed by atoms with Crippen molar-refractivity contribution in [3.8, 4) is 11.8 Å². The van der Waals surface area contributed by atoms with E-state index in [4.69, 9.17) is 25.9 Å². The Bertz CT molecular complexity index is 1210. The molecule has 1 aromatic heterocycles. The first-order valence-electron chi connectivity index (χ1n) is 9.10. The van der Waals surface area contributed by atoms with Gasteiger partial charge in [-0.2, -0.15) is 9.97 Å². The van der Waals surface area contributed by atoms with Crippen LogP contribution in [0.3, 0.4) is 0 Å². The molecule has 0 aliphatic heterocycles. The minimum Gasteiger partial charge on any atom is -0.481 e. The zero-order chi connectivity index (χ0) is 24.0. The van der Waals surface area contributed by atoms with E-state index in [-0.39, 0.29) is 38.9 Å². The summed E-state index contributed by atoms with van der Waals surface area (Å²) in [6, 6.07) is 13.9. The van der Waals surface area contributed by atoms with Gasteiger partial charge in [0, 0.05) is 22.6 Å². The van der Waals surface area contributed by atoms with Crippen LogP contribution in [0, 0.1) is 22.2 Å². The average molecular weight is 487 g/mol. The second kappa shape index (κ2) is 10.6. The molecule has 0 atom stereocenters. The highest BCUT2D eigenvalue weighted by molar-refractivity contribution is 7.99. The third-order valence-electron chi connectivity index (χ3n) is 4.06. The Morgan fingerprint density at radius 3 is 2.55 bits per heavy atom. The van der Waals surface area contributed by atoms with Crippen LogP contribution in [0.1, 0.15) is 22.8 Å². The van der Waals surface area contributed by atoms with E-state index in [1.165, 1.54) is 45.4 Å². The average Bonchev–Trinajstić information content (AvgIpc) is 2.82. The van der Waals surface area contributed by atoms with E-state index in [0.29, 0.717) is 10.5 Å². The molecule has 3 rings (SSSR count). The molecule has 0 bridgehead atoms. The molecule has 168 valence electrons. The molecule has 0 unspecified atom stereocenters. The van der Waals surface area contributed by atoms with E-state index in [0.717, 1.165) is 11.8 Å². The summed E-state index contributed by atoms with van der Waals surface area (Å²) in [4.78, 5) is 37.0. The van der Waals surface area contributed by atoms with Gasteiger partial charge in [-0.3, -0.25) is 10.1 Å². The van der Waals surface area contributed by atoms with Crippen LogP contribution in [0.15, 0.2) is 51.6 Å². The zero-order valence-electron chi connectivity index (χ0n) is 17.5. The Kier molecular flexibility index (Phi) is 7.66. The maximum absolute atomic E-state index is 12.8. The predicted molar refractivity (Wildman–Crippen MR) is 119 cm³/mol. The van der Waals surface area contributed by atoms with E-state index in [1.54, 1.807) is 12.1 Å². The topological polar surface area (TPSA) is 126 Å². The van der Waals surface area contributed by atoms with Crippen LogP contribution >= 0.6 is 23.4 Å². The number of hydrogen-bond donors (Lipinski definition) is 0. The fraction of sp³-hybridized carbons (Fsp3) is 0.143. The van der Waals surface area contributed by atoms with Crippen molar-refractivity contribution in [3.05, 3.63) is 74.8 Å². The van der Waals surface area contributed by atoms with Crippen LogP contribution in [0.4, 0.5) is 5.69 Å². The number of halogens is 1. The molecule has 0 fully saturated rings. The lowest BCUT2D eigenvalue weighted by molar-refractivity contribution is -0.384. The fourth-order valence-corrected chi connectivity index (χ4v) is 3.67. The van der Waals surface area contributed by atoms with Crippen molar-refractivity contribution >= 4 is 40.7 Å². The van der Waals surface area contributed by atoms with Crippen LogP contribution in [-0.4, -0.2) is 40.8 Å². The number of carbonyl (C=O) groups is 1. The summed E-state index contributed by atoms with van der Waals surface area (Å²) < 4.78 is 10.3. The lowest BCUT2D eigenvalue weighted by atomic mass is 10.1. The number of oxime groups is 1. The minimum atomic E-state index is -0.835. The van der Waals surface area contributed by atoms with E-state index in [2.05, 4.69) is 27.3 Å². The number of ether oxygens (including phenoxy) is 2. The van der Waals surface area contributed by atoms with Crippen molar-refractivity contribution in [2.75, 3.05) is 14.2 Å². The van der Waals surface area contributed by atoms with E-state index < -0.39 is 10.9 Å². The molecule has 12 heteroatoms. The molecule has 0 aliphatic rings. The fourth-order valence-electron chi connectivity index (χ4n) is 2.45. The van der Waals surface area contributed by atoms with Crippen molar-refractivity contribution in [1.82, 2.24) is 9.97 Å². The number of nitrogens with zero attached hydrogens (tertiary/aromatic N) is 4. The zero-order valence-corrected chi connectivity index (χ0v) is 19.1. The van der Waals surface area contributed by atoms with Crippen molar-refractivity contribution in [2.45, 2.75) is 17.0 Å². The predicted octanol–water partition coefficient (Wildman–Crippen LogP) is 4.39. The number of rotatable bonds is 8. The largest absolute Gasteiger partial charge is 0.481 e. The normalized spacial score (nSPS) is 10.8. The van der Waals surface area contributed by atoms with Gasteiger partial charge < -0.3 is 14.3 Å². The van der Waals surface area contributed by atoms with E-state index in [9.17, 15) is 14.9 Å². The molecular weight excluding hydrogens is 472 g/mol. The van der Waals surface area contributed by atoms with Gasteiger partial charge in [0.1, 0.15) is 0 Å². The summed E-state index contributed by atoms with van der Waals surface area (Å²) in [6.07, 6.45) is 0. The summed E-state index contributed by atoms with van der Waals surface area (Å²) in [7, 11) is 2.91. The standard InChI is InChI=1S/C21H15ClN4O6S/c1-12(13-6-4-7-14(10-13)26(28)29)25-32-20(27)19-15(22)8-5-9-16(19)33-21-23-17(30-2)11-18(24-21)31-3/h5-6,8-11H,1-3H3/b25-12+. The highest BCUT2D eigenvalue weighted by atomic mass is 35.5. The first-order valence-corrected chi connectivity index (χ1v) is 10.3. The minimum absolute atomic E-state index is 0.0463. The lowest BCUT2D eigenvalue weighted by Gasteiger charge is -2.10. The maximum atomic E-state index is 12.8. The van der Waals surface area contributed by atoms with Crippen molar-refractivity contribution in [1.29, 1.82) is 0 Å². The molecule has 0 saturated carbocycles. The molecule has 0 radical (unpaired) electrons. The molecule has 0 amide bonds. The Morgan fingerprint density at radius 1 is 1.21 bits per heavy atom. The molecule has 0 spiro atoms. The van der Waals surface area contributed by atoms with Crippen molar-refractivity contribution in [2.24, 2.45) is 5.16 Å². The number of methoxy groups -OCH3 is 2. The maximum Gasteiger partial charge on any atom is 0.368 e. The summed E-state index contributed by atoms with van der Waals surface area (Å²) in [5.74, 6) is -0.276. The summed E-state index contributed by atoms with van der Waals surface area (Å²) in [5.41, 5.74) is 0.328. The van der Waals surface area contributed by atoms with E-state index in [1.807, 2.05) is 0 Å². The van der Waals surface area contributed by atoms with Crippen LogP contribution in [-0.2, 0) is 4.84 Å². The number of hydrogen-bond acceptors (Lipinski definition) is 10. The number of nitro groups is 1. The Balaban J connectivity index is 1.87. The van der Waals surface area contributed by atoms with Gasteiger partial charge in [0.25, 0.3) is 0 Å². The van der Waals surface area contributed by atoms with Gasteiger partial charge in [0.15, 0.2) is 5.16 Å². The molecule has 33 heavy (non-hydrogen) atoms. The Morgan fingerprint density at radius 2 is 1.91 bits per heavy atom. The van der Waals surface area contributed by atoms with Crippen molar-refractivity contribution in [3.63, 3.8) is 0 Å². The van der Waals surface area contributed by atoms with Crippen molar-refractivity contribution < 1.29 is 24.0 Å². The first-order chi connectivity index (χ1) is 15.8. The SMILES string of the molecule is COc1cc(OC)nc(Sc2cccc(Cl)c2C(=O)O/N=C(\C)c2cc#cc([N+](=O)[O-])c2)n1. The van der Waals surface area contributed by atoms with Crippen LogP contribution in [0.25, 0.3) is 0 Å². The third kappa shape index (κ3) is 5.88. The van der Waals surface area contributed by atoms with Gasteiger partial charge in [0.2, 0.25) is 11.8 Å². The number of aromatic nitrogens is 2. The monoisotopic (exact) mass is 486 g/mol. The quantitative estimate of drug-likeness (QED) is 0.150. The molecule has 3 aromatic rings.